The molecule has 2 aliphatic rings. The van der Waals surface area contributed by atoms with Crippen molar-refractivity contribution in [3.63, 3.8) is 0 Å². The summed E-state index contributed by atoms with van der Waals surface area (Å²) in [5.74, 6) is 0.963. The van der Waals surface area contributed by atoms with Crippen LogP contribution in [0.15, 0.2) is 24.3 Å². The normalized spacial score (nSPS) is 29.2. The van der Waals surface area contributed by atoms with E-state index in [-0.39, 0.29) is 6.29 Å². The second-order valence-corrected chi connectivity index (χ2v) is 6.24. The molecule has 2 fully saturated rings. The fraction of sp³-hybridized carbons (Fsp3) is 0.647. The number of aromatic hydroxyl groups is 1. The molecule has 2 saturated heterocycles. The molecule has 1 N–H and O–H groups in total. The summed E-state index contributed by atoms with van der Waals surface area (Å²) in [6, 6.07) is 9.01. The molecule has 0 radical (unpaired) electrons. The predicted octanol–water partition coefficient (Wildman–Crippen LogP) is 2.72. The summed E-state index contributed by atoms with van der Waals surface area (Å²) < 4.78 is 10.7. The Bertz CT molecular complexity index is 444. The van der Waals surface area contributed by atoms with Crippen molar-refractivity contribution >= 4 is 0 Å². The van der Waals surface area contributed by atoms with Gasteiger partial charge in [-0.15, -0.1) is 0 Å². The number of benzene rings is 1. The van der Waals surface area contributed by atoms with Crippen LogP contribution in [0.3, 0.4) is 0 Å². The molecule has 4 nitrogen and oxygen atoms in total. The molecule has 2 bridgehead atoms. The minimum Gasteiger partial charge on any atom is -0.508 e. The monoisotopic (exact) mass is 291 g/mol. The molecule has 1 aromatic rings. The van der Waals surface area contributed by atoms with Gasteiger partial charge >= 0.3 is 0 Å². The van der Waals surface area contributed by atoms with Crippen LogP contribution < -0.4 is 0 Å². The maximum Gasteiger partial charge on any atom is 0.169 e. The number of piperidine rings is 1. The van der Waals surface area contributed by atoms with Gasteiger partial charge in [-0.3, -0.25) is 4.90 Å². The molecule has 2 atom stereocenters. The third-order valence-electron chi connectivity index (χ3n) is 5.13. The number of phenolic OH excluding ortho intramolecular Hbond substituents is 1. The average molecular weight is 291 g/mol. The van der Waals surface area contributed by atoms with E-state index in [1.807, 2.05) is 0 Å². The molecule has 0 spiro atoms. The third-order valence-corrected chi connectivity index (χ3v) is 5.13. The Hall–Kier alpha value is -1.10. The first kappa shape index (κ1) is 14.8. The van der Waals surface area contributed by atoms with E-state index in [0.29, 0.717) is 23.8 Å². The highest BCUT2D eigenvalue weighted by molar-refractivity contribution is 5.29. The van der Waals surface area contributed by atoms with Gasteiger partial charge < -0.3 is 14.6 Å². The van der Waals surface area contributed by atoms with Crippen LogP contribution in [-0.2, 0) is 9.47 Å². The van der Waals surface area contributed by atoms with E-state index in [1.165, 1.54) is 31.2 Å². The quantitative estimate of drug-likeness (QED) is 0.847. The smallest absolute Gasteiger partial charge is 0.169 e. The summed E-state index contributed by atoms with van der Waals surface area (Å²) in [5, 5.41) is 9.43. The topological polar surface area (TPSA) is 41.9 Å². The molecule has 4 heteroatoms. The van der Waals surface area contributed by atoms with Crippen molar-refractivity contribution in [2.24, 2.45) is 0 Å². The molecule has 2 unspecified atom stereocenters. The second kappa shape index (κ2) is 6.34. The minimum absolute atomic E-state index is 0.127. The van der Waals surface area contributed by atoms with E-state index < -0.39 is 0 Å². The molecule has 3 rings (SSSR count). The minimum atomic E-state index is -0.127. The largest absolute Gasteiger partial charge is 0.508 e. The van der Waals surface area contributed by atoms with E-state index in [1.54, 1.807) is 26.4 Å². The summed E-state index contributed by atoms with van der Waals surface area (Å²) in [4.78, 5) is 2.58. The van der Waals surface area contributed by atoms with Crippen LogP contribution in [0.1, 0.15) is 37.2 Å². The fourth-order valence-corrected chi connectivity index (χ4v) is 4.01. The van der Waals surface area contributed by atoms with Crippen molar-refractivity contribution < 1.29 is 14.6 Å². The van der Waals surface area contributed by atoms with Gasteiger partial charge in [-0.2, -0.15) is 0 Å². The van der Waals surface area contributed by atoms with Crippen molar-refractivity contribution in [3.8, 4) is 5.75 Å². The molecule has 0 aromatic heterocycles. The van der Waals surface area contributed by atoms with E-state index >= 15 is 0 Å². The zero-order chi connectivity index (χ0) is 14.8. The Morgan fingerprint density at radius 3 is 2.19 bits per heavy atom. The Balaban J connectivity index is 1.67. The highest BCUT2D eigenvalue weighted by atomic mass is 16.7. The number of ether oxygens (including phenoxy) is 2. The molecule has 1 aromatic carbocycles. The summed E-state index contributed by atoms with van der Waals surface area (Å²) in [6.07, 6.45) is 4.82. The number of fused-ring (bicyclic) bond motifs is 2. The SMILES string of the molecule is COC(CN1C2CCC1CC(c1ccc(O)cc1)C2)OC. The number of phenols is 1. The van der Waals surface area contributed by atoms with E-state index in [4.69, 9.17) is 9.47 Å². The van der Waals surface area contributed by atoms with Crippen molar-refractivity contribution in [1.29, 1.82) is 0 Å². The second-order valence-electron chi connectivity index (χ2n) is 6.24. The van der Waals surface area contributed by atoms with Gasteiger partial charge in [0, 0.05) is 26.3 Å². The zero-order valence-electron chi connectivity index (χ0n) is 12.9. The molecule has 2 aliphatic heterocycles. The molecule has 116 valence electrons. The highest BCUT2D eigenvalue weighted by Gasteiger charge is 2.41. The van der Waals surface area contributed by atoms with Gasteiger partial charge in [0.2, 0.25) is 0 Å². The van der Waals surface area contributed by atoms with Crippen LogP contribution >= 0.6 is 0 Å². The van der Waals surface area contributed by atoms with Crippen molar-refractivity contribution in [3.05, 3.63) is 29.8 Å². The van der Waals surface area contributed by atoms with Crippen molar-refractivity contribution in [2.75, 3.05) is 20.8 Å². The zero-order valence-corrected chi connectivity index (χ0v) is 12.9. The molecule has 2 heterocycles. The average Bonchev–Trinajstić information content (AvgIpc) is 2.73. The van der Waals surface area contributed by atoms with Crippen molar-refractivity contribution in [1.82, 2.24) is 4.90 Å². The first-order chi connectivity index (χ1) is 10.2. The number of rotatable bonds is 5. The van der Waals surface area contributed by atoms with Crippen LogP contribution in [0, 0.1) is 0 Å². The van der Waals surface area contributed by atoms with Gasteiger partial charge in [-0.25, -0.2) is 0 Å². The molecular weight excluding hydrogens is 266 g/mol. The van der Waals surface area contributed by atoms with Crippen LogP contribution in [-0.4, -0.2) is 49.1 Å². The fourth-order valence-electron chi connectivity index (χ4n) is 4.01. The van der Waals surface area contributed by atoms with Crippen molar-refractivity contribution in [2.45, 2.75) is 50.0 Å². The number of hydrogen-bond donors (Lipinski definition) is 1. The number of nitrogens with zero attached hydrogens (tertiary/aromatic N) is 1. The van der Waals surface area contributed by atoms with Crippen LogP contribution in [0.5, 0.6) is 5.75 Å². The van der Waals surface area contributed by atoms with Crippen LogP contribution in [0.2, 0.25) is 0 Å². The first-order valence-corrected chi connectivity index (χ1v) is 7.81. The number of hydrogen-bond acceptors (Lipinski definition) is 4. The highest BCUT2D eigenvalue weighted by Crippen LogP contribution is 2.43. The Kier molecular flexibility index (Phi) is 4.48. The van der Waals surface area contributed by atoms with Crippen LogP contribution in [0.25, 0.3) is 0 Å². The maximum atomic E-state index is 9.43. The molecular formula is C17H25NO3. The van der Waals surface area contributed by atoms with Gasteiger partial charge in [0.25, 0.3) is 0 Å². The van der Waals surface area contributed by atoms with Gasteiger partial charge in [-0.05, 0) is 49.3 Å². The lowest BCUT2D eigenvalue weighted by Gasteiger charge is -2.40. The molecule has 0 amide bonds. The van der Waals surface area contributed by atoms with Crippen LogP contribution in [0.4, 0.5) is 0 Å². The lowest BCUT2D eigenvalue weighted by atomic mass is 9.85. The van der Waals surface area contributed by atoms with Gasteiger partial charge in [0.1, 0.15) is 5.75 Å². The summed E-state index contributed by atoms with van der Waals surface area (Å²) in [6.45, 7) is 0.866. The molecule has 0 aliphatic carbocycles. The standard InChI is InChI=1S/C17H25NO3/c1-20-17(21-2)11-18-14-5-6-15(18)10-13(9-14)12-3-7-16(19)8-4-12/h3-4,7-8,13-15,17,19H,5-6,9-11H2,1-2H3. The lowest BCUT2D eigenvalue weighted by molar-refractivity contribution is -0.125. The Labute approximate surface area is 126 Å². The van der Waals surface area contributed by atoms with E-state index in [2.05, 4.69) is 17.0 Å². The van der Waals surface area contributed by atoms with Gasteiger partial charge in [-0.1, -0.05) is 12.1 Å². The van der Waals surface area contributed by atoms with Gasteiger partial charge in [0.05, 0.1) is 6.54 Å². The Morgan fingerprint density at radius 1 is 1.10 bits per heavy atom. The van der Waals surface area contributed by atoms with E-state index in [9.17, 15) is 5.11 Å². The molecule has 0 saturated carbocycles. The van der Waals surface area contributed by atoms with Gasteiger partial charge in [0.15, 0.2) is 6.29 Å². The van der Waals surface area contributed by atoms with E-state index in [0.717, 1.165) is 6.54 Å². The summed E-state index contributed by atoms with van der Waals surface area (Å²) >= 11 is 0. The summed E-state index contributed by atoms with van der Waals surface area (Å²) in [7, 11) is 3.42. The summed E-state index contributed by atoms with van der Waals surface area (Å²) in [5.41, 5.74) is 1.36. The Morgan fingerprint density at radius 2 is 1.67 bits per heavy atom. The predicted molar refractivity (Wildman–Crippen MR) is 81.4 cm³/mol. The maximum absolute atomic E-state index is 9.43. The molecule has 21 heavy (non-hydrogen) atoms. The number of methoxy groups -OCH3 is 2. The third kappa shape index (κ3) is 3.07. The first-order valence-electron chi connectivity index (χ1n) is 7.81. The lowest BCUT2D eigenvalue weighted by Crippen LogP contribution is -2.46.